The molecule has 0 aromatic carbocycles. The van der Waals surface area contributed by atoms with Gasteiger partial charge < -0.3 is 9.29 Å². The fourth-order valence-electron chi connectivity index (χ4n) is 8.66. The summed E-state index contributed by atoms with van der Waals surface area (Å²) >= 11 is 0. The van der Waals surface area contributed by atoms with Gasteiger partial charge in [0.15, 0.2) is 0 Å². The maximum absolute atomic E-state index is 12.7. The Balaban J connectivity index is 1.73. The molecule has 0 aromatic heterocycles. The molecule has 4 aliphatic carbocycles. The lowest BCUT2D eigenvalue weighted by molar-refractivity contribution is -0.191. The maximum atomic E-state index is 12.7. The van der Waals surface area contributed by atoms with Crippen LogP contribution in [0.5, 0.6) is 0 Å². The molecule has 1 N–H and O–H groups in total. The topological polar surface area (TPSA) is 63.6 Å². The summed E-state index contributed by atoms with van der Waals surface area (Å²) in [5.74, 6) is 2.34. The van der Waals surface area contributed by atoms with Crippen molar-refractivity contribution in [3.8, 4) is 0 Å². The molecule has 4 aliphatic rings. The minimum Gasteiger partial charge on any atom is -0.393 e. The second-order valence-corrected chi connectivity index (χ2v) is 17.7. The van der Waals surface area contributed by atoms with Crippen molar-refractivity contribution >= 4 is 21.9 Å². The van der Waals surface area contributed by atoms with E-state index in [0.717, 1.165) is 32.1 Å². The van der Waals surface area contributed by atoms with E-state index in [0.29, 0.717) is 48.8 Å². The van der Waals surface area contributed by atoms with Crippen molar-refractivity contribution < 1.29 is 18.9 Å². The molecule has 6 unspecified atom stereocenters. The Bertz CT molecular complexity index is 800. The third kappa shape index (κ3) is 4.06. The number of rotatable bonds is 4. The highest BCUT2D eigenvalue weighted by atomic mass is 32.3. The Morgan fingerprint density at radius 2 is 1.85 bits per heavy atom. The average Bonchev–Trinajstić information content (AvgIpc) is 3.03. The Hall–Kier alpha value is -0.390. The minimum atomic E-state index is -1.26. The fourth-order valence-corrected chi connectivity index (χ4v) is 9.53. The SMILES string of the molecule is CC(=O)C1CCC2C3C([C@H](COS(C)(C)C(C)(C)C)CC12C)C1(C)CCC(=O)C[C@H]1C[C@H]3O. The Kier molecular flexibility index (Phi) is 6.49. The van der Waals surface area contributed by atoms with Gasteiger partial charge in [0.2, 0.25) is 0 Å². The zero-order valence-electron chi connectivity index (χ0n) is 22.3. The van der Waals surface area contributed by atoms with E-state index in [1.807, 2.05) is 0 Å². The summed E-state index contributed by atoms with van der Waals surface area (Å²) in [7, 11) is -1.26. The molecule has 0 spiro atoms. The first-order chi connectivity index (χ1) is 15.1. The van der Waals surface area contributed by atoms with Crippen LogP contribution in [0.15, 0.2) is 0 Å². The molecule has 5 heteroatoms. The molecule has 4 fully saturated rings. The standard InChI is InChI=1S/C28H48O4S/c1-17(29)21-9-10-22-24-23(31)14-19-13-20(30)11-12-27(19,5)25(24)18(15-28(21,22)6)16-32-33(7,8)26(2,3)4/h18-19,21-25,31H,9-16H2,1-8H3/t18-,19-,21?,22?,23+,24?,25?,27?,28?/m0/s1. The van der Waals surface area contributed by atoms with Crippen LogP contribution in [0, 0.1) is 46.3 Å². The molecule has 4 nitrogen and oxygen atoms in total. The number of carbonyl (C=O) groups excluding carboxylic acids is 2. The molecule has 0 amide bonds. The number of fused-ring (bicyclic) bond motifs is 5. The molecule has 0 aromatic rings. The Morgan fingerprint density at radius 3 is 2.45 bits per heavy atom. The van der Waals surface area contributed by atoms with Crippen LogP contribution in [-0.4, -0.2) is 46.6 Å². The first-order valence-electron chi connectivity index (χ1n) is 13.2. The van der Waals surface area contributed by atoms with Crippen LogP contribution in [0.1, 0.15) is 86.5 Å². The van der Waals surface area contributed by atoms with Crippen molar-refractivity contribution in [3.05, 3.63) is 0 Å². The van der Waals surface area contributed by atoms with E-state index in [-0.39, 0.29) is 39.4 Å². The highest BCUT2D eigenvalue weighted by Gasteiger charge is 2.65. The molecule has 0 saturated heterocycles. The molecule has 33 heavy (non-hydrogen) atoms. The van der Waals surface area contributed by atoms with Crippen molar-refractivity contribution in [1.82, 2.24) is 0 Å². The number of Topliss-reactive ketones (excluding diaryl/α,β-unsaturated/α-hetero) is 2. The summed E-state index contributed by atoms with van der Waals surface area (Å²) in [6, 6.07) is 0. The number of aliphatic hydroxyl groups excluding tert-OH is 1. The summed E-state index contributed by atoms with van der Waals surface area (Å²) in [4.78, 5) is 25.1. The number of ketones is 2. The Labute approximate surface area is 203 Å². The zero-order valence-corrected chi connectivity index (χ0v) is 23.1. The zero-order chi connectivity index (χ0) is 24.6. The highest BCUT2D eigenvalue weighted by Crippen LogP contribution is 2.69. The van der Waals surface area contributed by atoms with Crippen molar-refractivity contribution in [2.45, 2.75) is 97.3 Å². The van der Waals surface area contributed by atoms with E-state index in [9.17, 15) is 14.7 Å². The van der Waals surface area contributed by atoms with Crippen molar-refractivity contribution in [3.63, 3.8) is 0 Å². The van der Waals surface area contributed by atoms with Gasteiger partial charge in [-0.3, -0.25) is 9.59 Å². The van der Waals surface area contributed by atoms with Gasteiger partial charge in [-0.2, -0.15) is 0 Å². The van der Waals surface area contributed by atoms with Crippen LogP contribution in [0.25, 0.3) is 0 Å². The smallest absolute Gasteiger partial charge is 0.133 e. The molecule has 0 radical (unpaired) electrons. The van der Waals surface area contributed by atoms with E-state index in [1.165, 1.54) is 0 Å². The van der Waals surface area contributed by atoms with E-state index in [1.54, 1.807) is 6.92 Å². The number of hydrogen-bond acceptors (Lipinski definition) is 4. The molecule has 0 heterocycles. The summed E-state index contributed by atoms with van der Waals surface area (Å²) < 4.78 is 6.90. The summed E-state index contributed by atoms with van der Waals surface area (Å²) in [6.45, 7) is 14.0. The van der Waals surface area contributed by atoms with E-state index in [2.05, 4.69) is 47.1 Å². The van der Waals surface area contributed by atoms with Crippen molar-refractivity contribution in [2.75, 3.05) is 19.1 Å². The third-order valence-electron chi connectivity index (χ3n) is 11.1. The van der Waals surface area contributed by atoms with Gasteiger partial charge in [0.05, 0.1) is 12.7 Å². The van der Waals surface area contributed by atoms with Gasteiger partial charge in [-0.1, -0.05) is 34.6 Å². The lowest BCUT2D eigenvalue weighted by Gasteiger charge is -2.64. The van der Waals surface area contributed by atoms with Gasteiger partial charge in [0.25, 0.3) is 0 Å². The van der Waals surface area contributed by atoms with Gasteiger partial charge in [0.1, 0.15) is 11.6 Å². The first-order valence-corrected chi connectivity index (χ1v) is 15.6. The quantitative estimate of drug-likeness (QED) is 0.553. The predicted octanol–water partition coefficient (Wildman–Crippen LogP) is 5.79. The molecule has 4 saturated carbocycles. The second kappa shape index (κ2) is 8.34. The average molecular weight is 481 g/mol. The minimum absolute atomic E-state index is 0.0586. The number of aliphatic hydroxyl groups is 1. The van der Waals surface area contributed by atoms with Gasteiger partial charge in [-0.25, -0.2) is 0 Å². The second-order valence-electron chi connectivity index (χ2n) is 13.8. The van der Waals surface area contributed by atoms with Gasteiger partial charge in [-0.05, 0) is 92.0 Å². The van der Waals surface area contributed by atoms with Crippen LogP contribution in [0.2, 0.25) is 0 Å². The van der Waals surface area contributed by atoms with Crippen molar-refractivity contribution in [1.29, 1.82) is 0 Å². The van der Waals surface area contributed by atoms with Crippen LogP contribution in [0.4, 0.5) is 0 Å². The number of hydrogen-bond donors (Lipinski definition) is 1. The molecule has 0 aliphatic heterocycles. The lowest BCUT2D eigenvalue weighted by Crippen LogP contribution is -2.62. The van der Waals surface area contributed by atoms with Gasteiger partial charge in [-0.15, -0.1) is 10.3 Å². The van der Waals surface area contributed by atoms with Crippen LogP contribution in [-0.2, 0) is 13.8 Å². The Morgan fingerprint density at radius 1 is 1.18 bits per heavy atom. The first kappa shape index (κ1) is 25.7. The van der Waals surface area contributed by atoms with E-state index in [4.69, 9.17) is 4.18 Å². The molecule has 9 atom stereocenters. The van der Waals surface area contributed by atoms with Crippen molar-refractivity contribution in [2.24, 2.45) is 46.3 Å². The summed E-state index contributed by atoms with van der Waals surface area (Å²) in [5.41, 5.74) is 0.0135. The van der Waals surface area contributed by atoms with Gasteiger partial charge >= 0.3 is 0 Å². The van der Waals surface area contributed by atoms with E-state index >= 15 is 0 Å². The highest BCUT2D eigenvalue weighted by molar-refractivity contribution is 8.29. The van der Waals surface area contributed by atoms with Crippen LogP contribution >= 0.6 is 10.3 Å². The summed E-state index contributed by atoms with van der Waals surface area (Å²) in [5, 5.41) is 11.6. The largest absolute Gasteiger partial charge is 0.393 e. The van der Waals surface area contributed by atoms with E-state index < -0.39 is 10.3 Å². The van der Waals surface area contributed by atoms with Crippen LogP contribution in [0.3, 0.4) is 0 Å². The maximum Gasteiger partial charge on any atom is 0.133 e. The van der Waals surface area contributed by atoms with Gasteiger partial charge in [0, 0.05) is 23.5 Å². The van der Waals surface area contributed by atoms with Crippen LogP contribution < -0.4 is 0 Å². The molecular formula is C28H48O4S. The normalized spacial score (nSPS) is 46.3. The molecule has 0 bridgehead atoms. The number of carbonyl (C=O) groups is 2. The monoisotopic (exact) mass is 480 g/mol. The lowest BCUT2D eigenvalue weighted by atomic mass is 9.41. The fraction of sp³-hybridized carbons (Fsp3) is 0.929. The molecule has 190 valence electrons. The molecule has 4 rings (SSSR count). The third-order valence-corrected chi connectivity index (χ3v) is 14.8. The predicted molar refractivity (Wildman–Crippen MR) is 136 cm³/mol. The summed E-state index contributed by atoms with van der Waals surface area (Å²) in [6.07, 6.45) is 10.2. The molecular weight excluding hydrogens is 432 g/mol.